The molecule has 3 heteroatoms. The molecule has 0 aliphatic heterocycles. The number of fused-ring (bicyclic) bond motifs is 1. The fraction of sp³-hybridized carbons (Fsp3) is 0.388. The second-order valence-electron chi connectivity index (χ2n) is 18.7. The van der Waals surface area contributed by atoms with Crippen LogP contribution in [0.4, 0.5) is 34.1 Å². The van der Waals surface area contributed by atoms with Gasteiger partial charge in [0.2, 0.25) is 0 Å². The molecule has 0 heterocycles. The molecular weight excluding hydrogens is 652 g/mol. The number of benzene rings is 5. The molecule has 52 heavy (non-hydrogen) atoms. The molecule has 1 aliphatic rings. The first-order valence-corrected chi connectivity index (χ1v) is 19.4. The topological polar surface area (TPSA) is 6.48 Å². The van der Waals surface area contributed by atoms with Crippen molar-refractivity contribution in [1.29, 1.82) is 0 Å². The highest BCUT2D eigenvalue weighted by molar-refractivity contribution is 6.30. The van der Waals surface area contributed by atoms with Crippen molar-refractivity contribution in [2.45, 2.75) is 125 Å². The Hall–Kier alpha value is -4.01. The van der Waals surface area contributed by atoms with Crippen LogP contribution in [0.3, 0.4) is 0 Å². The van der Waals surface area contributed by atoms with Gasteiger partial charge in [-0.25, -0.2) is 0 Å². The summed E-state index contributed by atoms with van der Waals surface area (Å²) in [6.45, 7) is 30.0. The Bertz CT molecular complexity index is 2120. The summed E-state index contributed by atoms with van der Waals surface area (Å²) in [7, 11) is 0. The summed E-state index contributed by atoms with van der Waals surface area (Å²) in [5, 5.41) is 0.718. The SMILES string of the molecule is Cc1cc(N(c2cccc(Cl)c2)c2ccc(C(C)(C)C)cc2C)cc(N(c2ccc3c(c2)C(C)(C)CCC3(C)C)c2ccc(C(C)(C)C)cc2C)c1. The molecule has 0 spiro atoms. The predicted molar refractivity (Wildman–Crippen MR) is 228 cm³/mol. The lowest BCUT2D eigenvalue weighted by atomic mass is 9.63. The third-order valence-electron chi connectivity index (χ3n) is 11.3. The maximum absolute atomic E-state index is 6.69. The first kappa shape index (κ1) is 37.7. The number of nitrogens with zero attached hydrogens (tertiary/aromatic N) is 2. The number of hydrogen-bond acceptors (Lipinski definition) is 2. The first-order valence-electron chi connectivity index (χ1n) is 19.0. The molecule has 0 amide bonds. The van der Waals surface area contributed by atoms with Crippen LogP contribution in [0.5, 0.6) is 0 Å². The van der Waals surface area contributed by atoms with Gasteiger partial charge < -0.3 is 9.80 Å². The molecule has 272 valence electrons. The van der Waals surface area contributed by atoms with E-state index in [9.17, 15) is 0 Å². The van der Waals surface area contributed by atoms with Crippen LogP contribution in [0.2, 0.25) is 5.02 Å². The van der Waals surface area contributed by atoms with Crippen molar-refractivity contribution >= 4 is 45.7 Å². The molecule has 0 N–H and O–H groups in total. The zero-order valence-electron chi connectivity index (χ0n) is 33.9. The largest absolute Gasteiger partial charge is 0.310 e. The maximum Gasteiger partial charge on any atom is 0.0491 e. The van der Waals surface area contributed by atoms with E-state index in [2.05, 4.69) is 185 Å². The van der Waals surface area contributed by atoms with Crippen molar-refractivity contribution < 1.29 is 0 Å². The van der Waals surface area contributed by atoms with E-state index in [0.29, 0.717) is 0 Å². The lowest BCUT2D eigenvalue weighted by Gasteiger charge is -2.42. The van der Waals surface area contributed by atoms with E-state index < -0.39 is 0 Å². The maximum atomic E-state index is 6.69. The molecule has 0 saturated heterocycles. The zero-order chi connectivity index (χ0) is 38.0. The Morgan fingerprint density at radius 3 is 1.44 bits per heavy atom. The summed E-state index contributed by atoms with van der Waals surface area (Å²) >= 11 is 6.69. The van der Waals surface area contributed by atoms with Gasteiger partial charge in [0.1, 0.15) is 0 Å². The van der Waals surface area contributed by atoms with E-state index >= 15 is 0 Å². The van der Waals surface area contributed by atoms with Gasteiger partial charge in [-0.15, -0.1) is 0 Å². The van der Waals surface area contributed by atoms with E-state index in [-0.39, 0.29) is 21.7 Å². The zero-order valence-corrected chi connectivity index (χ0v) is 34.7. The number of anilines is 6. The Balaban J connectivity index is 1.61. The number of rotatable bonds is 6. The number of halogens is 1. The van der Waals surface area contributed by atoms with Gasteiger partial charge in [0.25, 0.3) is 0 Å². The monoisotopic (exact) mass is 710 g/mol. The lowest BCUT2D eigenvalue weighted by molar-refractivity contribution is 0.332. The highest BCUT2D eigenvalue weighted by Crippen LogP contribution is 2.49. The standard InChI is InChI=1S/C49H59ClN2/c1-32-25-40(51(38-16-14-15-37(50)29-38)44-21-17-35(27-33(44)2)46(4,5)6)30-41(26-32)52(45-22-18-36(28-34(45)3)47(7,8)9)39-19-20-42-43(31-39)49(12,13)24-23-48(42,10)11/h14-22,25-31H,23-24H2,1-13H3. The van der Waals surface area contributed by atoms with Gasteiger partial charge in [-0.05, 0) is 155 Å². The van der Waals surface area contributed by atoms with Crippen LogP contribution in [-0.2, 0) is 21.7 Å². The molecule has 2 nitrogen and oxygen atoms in total. The molecule has 0 atom stereocenters. The molecule has 6 rings (SSSR count). The second-order valence-corrected chi connectivity index (χ2v) is 19.1. The van der Waals surface area contributed by atoms with Gasteiger partial charge in [0, 0.05) is 39.1 Å². The van der Waals surface area contributed by atoms with Crippen LogP contribution in [0.25, 0.3) is 0 Å². The van der Waals surface area contributed by atoms with E-state index in [1.165, 1.54) is 63.2 Å². The molecule has 1 aliphatic carbocycles. The summed E-state index contributed by atoms with van der Waals surface area (Å²) in [5.74, 6) is 0. The quantitative estimate of drug-likeness (QED) is 0.173. The highest BCUT2D eigenvalue weighted by atomic mass is 35.5. The van der Waals surface area contributed by atoms with Crippen molar-refractivity contribution in [2.24, 2.45) is 0 Å². The first-order chi connectivity index (χ1) is 24.2. The Labute approximate surface area is 319 Å². The van der Waals surface area contributed by atoms with Crippen molar-refractivity contribution in [3.05, 3.63) is 141 Å². The van der Waals surface area contributed by atoms with Gasteiger partial charge in [-0.2, -0.15) is 0 Å². The van der Waals surface area contributed by atoms with E-state index in [1.54, 1.807) is 0 Å². The minimum absolute atomic E-state index is 0.0558. The molecule has 5 aromatic rings. The Morgan fingerprint density at radius 2 is 0.981 bits per heavy atom. The van der Waals surface area contributed by atoms with Crippen LogP contribution in [0, 0.1) is 20.8 Å². The van der Waals surface area contributed by atoms with Crippen LogP contribution in [-0.4, -0.2) is 0 Å². The summed E-state index contributed by atoms with van der Waals surface area (Å²) in [6.07, 6.45) is 2.37. The van der Waals surface area contributed by atoms with Crippen LogP contribution in [0.15, 0.2) is 97.1 Å². The van der Waals surface area contributed by atoms with E-state index in [0.717, 1.165) is 27.8 Å². The molecule has 5 aromatic carbocycles. The summed E-state index contributed by atoms with van der Waals surface area (Å²) < 4.78 is 0. The van der Waals surface area contributed by atoms with Crippen LogP contribution < -0.4 is 9.80 Å². The minimum Gasteiger partial charge on any atom is -0.310 e. The van der Waals surface area contributed by atoms with Crippen molar-refractivity contribution in [3.63, 3.8) is 0 Å². The minimum atomic E-state index is 0.0558. The van der Waals surface area contributed by atoms with Crippen LogP contribution >= 0.6 is 11.6 Å². The average Bonchev–Trinajstić information content (AvgIpc) is 3.04. The molecular formula is C49H59ClN2. The number of aryl methyl sites for hydroxylation is 3. The molecule has 0 radical (unpaired) electrons. The van der Waals surface area contributed by atoms with Crippen molar-refractivity contribution in [1.82, 2.24) is 0 Å². The van der Waals surface area contributed by atoms with Crippen LogP contribution in [0.1, 0.15) is 121 Å². The van der Waals surface area contributed by atoms with Gasteiger partial charge in [-0.3, -0.25) is 0 Å². The summed E-state index contributed by atoms with van der Waals surface area (Å²) in [5.41, 5.74) is 16.4. The van der Waals surface area contributed by atoms with Crippen molar-refractivity contribution in [3.8, 4) is 0 Å². The average molecular weight is 711 g/mol. The third-order valence-corrected chi connectivity index (χ3v) is 11.6. The Kier molecular flexibility index (Phi) is 9.75. The number of hydrogen-bond donors (Lipinski definition) is 0. The molecule has 0 fully saturated rings. The van der Waals surface area contributed by atoms with Gasteiger partial charge in [0.05, 0.1) is 0 Å². The van der Waals surface area contributed by atoms with Gasteiger partial charge in [0.15, 0.2) is 0 Å². The van der Waals surface area contributed by atoms with Crippen molar-refractivity contribution in [2.75, 3.05) is 9.80 Å². The van der Waals surface area contributed by atoms with Gasteiger partial charge in [-0.1, -0.05) is 117 Å². The lowest BCUT2D eigenvalue weighted by Crippen LogP contribution is -2.34. The highest BCUT2D eigenvalue weighted by Gasteiger charge is 2.37. The molecule has 0 saturated carbocycles. The second kappa shape index (κ2) is 13.4. The molecule has 0 unspecified atom stereocenters. The smallest absolute Gasteiger partial charge is 0.0491 e. The normalized spacial score (nSPS) is 15.3. The fourth-order valence-electron chi connectivity index (χ4n) is 7.93. The summed E-state index contributed by atoms with van der Waals surface area (Å²) in [6, 6.07) is 36.4. The summed E-state index contributed by atoms with van der Waals surface area (Å²) in [4.78, 5) is 4.86. The Morgan fingerprint density at radius 1 is 0.500 bits per heavy atom. The predicted octanol–water partition coefficient (Wildman–Crippen LogP) is 15.1. The van der Waals surface area contributed by atoms with E-state index in [4.69, 9.17) is 11.6 Å². The third kappa shape index (κ3) is 7.42. The molecule has 0 bridgehead atoms. The van der Waals surface area contributed by atoms with Gasteiger partial charge >= 0.3 is 0 Å². The fourth-order valence-corrected chi connectivity index (χ4v) is 8.12. The molecule has 0 aromatic heterocycles. The van der Waals surface area contributed by atoms with E-state index in [1.807, 2.05) is 12.1 Å².